The van der Waals surface area contributed by atoms with Crippen LogP contribution in [-0.4, -0.2) is 47.9 Å². The predicted molar refractivity (Wildman–Crippen MR) is 112 cm³/mol. The molecule has 1 aliphatic rings. The van der Waals surface area contributed by atoms with Gasteiger partial charge in [-0.25, -0.2) is 0 Å². The van der Waals surface area contributed by atoms with Crippen molar-refractivity contribution in [3.05, 3.63) is 45.6 Å². The Labute approximate surface area is 171 Å². The summed E-state index contributed by atoms with van der Waals surface area (Å²) in [6.45, 7) is 3.86. The van der Waals surface area contributed by atoms with Crippen LogP contribution in [0.25, 0.3) is 0 Å². The van der Waals surface area contributed by atoms with Gasteiger partial charge < -0.3 is 15.7 Å². The molecule has 3 amide bonds. The number of nitrogens with zero attached hydrogens (tertiary/aromatic N) is 1. The van der Waals surface area contributed by atoms with E-state index in [0.29, 0.717) is 22.1 Å². The van der Waals surface area contributed by atoms with Crippen LogP contribution in [0.4, 0.5) is 5.69 Å². The van der Waals surface area contributed by atoms with Gasteiger partial charge >= 0.3 is 0 Å². The fourth-order valence-electron chi connectivity index (χ4n) is 2.70. The largest absolute Gasteiger partial charge is 0.505 e. The van der Waals surface area contributed by atoms with E-state index in [2.05, 4.69) is 17.2 Å². The fourth-order valence-corrected chi connectivity index (χ4v) is 3.15. The number of halogens is 1. The third-order valence-corrected chi connectivity index (χ3v) is 5.02. The number of amides is 3. The van der Waals surface area contributed by atoms with Crippen molar-refractivity contribution in [2.24, 2.45) is 0 Å². The Morgan fingerprint density at radius 3 is 2.81 bits per heavy atom. The number of benzene rings is 1. The van der Waals surface area contributed by atoms with E-state index in [0.717, 1.165) is 4.90 Å². The molecule has 7 nitrogen and oxygen atoms in total. The highest BCUT2D eigenvalue weighted by Crippen LogP contribution is 2.32. The smallest absolute Gasteiger partial charge is 0.259 e. The Morgan fingerprint density at radius 1 is 1.37 bits per heavy atom. The number of aromatic hydroxyl groups is 1. The maximum atomic E-state index is 12.5. The summed E-state index contributed by atoms with van der Waals surface area (Å²) in [6.07, 6.45) is 5.10. The lowest BCUT2D eigenvalue weighted by Crippen LogP contribution is -2.42. The van der Waals surface area contributed by atoms with Crippen LogP contribution >= 0.6 is 22.6 Å². The SMILES string of the molecule is C=C1/C=C\CCCC(=O)N(CCNC(=O)c2ccc(I)c(O)c2NC)C1=O. The lowest BCUT2D eigenvalue weighted by Gasteiger charge is -2.21. The highest BCUT2D eigenvalue weighted by Gasteiger charge is 2.23. The summed E-state index contributed by atoms with van der Waals surface area (Å²) in [5, 5.41) is 15.6. The first-order valence-electron chi connectivity index (χ1n) is 8.54. The third-order valence-electron chi connectivity index (χ3n) is 4.15. The Morgan fingerprint density at radius 2 is 2.11 bits per heavy atom. The first kappa shape index (κ1) is 20.9. The van der Waals surface area contributed by atoms with Crippen LogP contribution in [0.15, 0.2) is 36.4 Å². The molecule has 1 aliphatic heterocycles. The Balaban J connectivity index is 2.06. The van der Waals surface area contributed by atoms with E-state index in [1.54, 1.807) is 25.3 Å². The minimum absolute atomic E-state index is 0.000731. The normalized spacial score (nSPS) is 16.4. The van der Waals surface area contributed by atoms with Crippen LogP contribution in [0, 0.1) is 3.57 Å². The molecule has 1 heterocycles. The van der Waals surface area contributed by atoms with Gasteiger partial charge in [0.2, 0.25) is 5.91 Å². The summed E-state index contributed by atoms with van der Waals surface area (Å²) in [5.74, 6) is -1.13. The number of allylic oxidation sites excluding steroid dienone is 1. The monoisotopic (exact) mass is 483 g/mol. The van der Waals surface area contributed by atoms with Gasteiger partial charge in [-0.05, 0) is 47.6 Å². The lowest BCUT2D eigenvalue weighted by atomic mass is 10.1. The zero-order valence-corrected chi connectivity index (χ0v) is 17.2. The maximum Gasteiger partial charge on any atom is 0.259 e. The molecule has 1 aromatic rings. The van der Waals surface area contributed by atoms with E-state index in [1.807, 2.05) is 28.7 Å². The second kappa shape index (κ2) is 9.54. The number of anilines is 1. The number of phenolic OH excluding ortho intramolecular Hbond substituents is 1. The second-order valence-electron chi connectivity index (χ2n) is 5.99. The number of carbonyl (C=O) groups is 3. The van der Waals surface area contributed by atoms with Crippen LogP contribution in [0.1, 0.15) is 29.6 Å². The summed E-state index contributed by atoms with van der Waals surface area (Å²) in [6, 6.07) is 3.24. The van der Waals surface area contributed by atoms with E-state index in [9.17, 15) is 19.5 Å². The van der Waals surface area contributed by atoms with Crippen molar-refractivity contribution in [3.8, 4) is 5.75 Å². The summed E-state index contributed by atoms with van der Waals surface area (Å²) in [5.41, 5.74) is 0.856. The summed E-state index contributed by atoms with van der Waals surface area (Å²) >= 11 is 1.97. The van der Waals surface area contributed by atoms with Gasteiger partial charge in [-0.3, -0.25) is 19.3 Å². The molecule has 0 aliphatic carbocycles. The second-order valence-corrected chi connectivity index (χ2v) is 7.16. The van der Waals surface area contributed by atoms with Crippen LogP contribution in [0.3, 0.4) is 0 Å². The van der Waals surface area contributed by atoms with E-state index >= 15 is 0 Å². The van der Waals surface area contributed by atoms with Crippen molar-refractivity contribution in [1.82, 2.24) is 10.2 Å². The molecule has 0 atom stereocenters. The van der Waals surface area contributed by atoms with E-state index < -0.39 is 11.8 Å². The average molecular weight is 483 g/mol. The van der Waals surface area contributed by atoms with Gasteiger partial charge in [-0.2, -0.15) is 0 Å². The number of imide groups is 1. The summed E-state index contributed by atoms with van der Waals surface area (Å²) in [7, 11) is 1.61. The van der Waals surface area contributed by atoms with Crippen molar-refractivity contribution in [2.45, 2.75) is 19.3 Å². The summed E-state index contributed by atoms with van der Waals surface area (Å²) in [4.78, 5) is 38.3. The molecule has 0 saturated carbocycles. The molecule has 1 aromatic carbocycles. The topological polar surface area (TPSA) is 98.7 Å². The van der Waals surface area contributed by atoms with E-state index in [1.165, 1.54) is 0 Å². The number of phenols is 1. The first-order valence-corrected chi connectivity index (χ1v) is 9.62. The molecule has 0 bridgehead atoms. The van der Waals surface area contributed by atoms with Crippen molar-refractivity contribution < 1.29 is 19.5 Å². The van der Waals surface area contributed by atoms with E-state index in [-0.39, 0.29) is 42.3 Å². The molecule has 0 fully saturated rings. The molecule has 0 radical (unpaired) electrons. The highest BCUT2D eigenvalue weighted by molar-refractivity contribution is 14.1. The standard InChI is InChI=1S/C19H22IN3O4/c1-12-6-4-3-5-7-15(24)23(19(12)27)11-10-22-18(26)13-8-9-14(20)17(25)16(13)21-2/h4,6,8-9,21,25H,1,3,5,7,10-11H2,2H3,(H,22,26)/b6-4-. The molecular formula is C19H22IN3O4. The van der Waals surface area contributed by atoms with Crippen LogP contribution in [0.2, 0.25) is 0 Å². The van der Waals surface area contributed by atoms with Gasteiger partial charge in [0.25, 0.3) is 11.8 Å². The lowest BCUT2D eigenvalue weighted by molar-refractivity contribution is -0.142. The number of carbonyl (C=O) groups excluding carboxylic acids is 3. The van der Waals surface area contributed by atoms with E-state index in [4.69, 9.17) is 0 Å². The minimum Gasteiger partial charge on any atom is -0.505 e. The first-order chi connectivity index (χ1) is 12.9. The molecule has 3 N–H and O–H groups in total. The number of hydrogen-bond acceptors (Lipinski definition) is 5. The van der Waals surface area contributed by atoms with Gasteiger partial charge in [-0.15, -0.1) is 0 Å². The molecule has 27 heavy (non-hydrogen) atoms. The molecule has 8 heteroatoms. The zero-order chi connectivity index (χ0) is 20.0. The third kappa shape index (κ3) is 5.09. The summed E-state index contributed by atoms with van der Waals surface area (Å²) < 4.78 is 0.618. The molecule has 2 rings (SSSR count). The number of hydrogen-bond donors (Lipinski definition) is 3. The van der Waals surface area contributed by atoms with Gasteiger partial charge in [0.1, 0.15) is 0 Å². The Kier molecular flexibility index (Phi) is 7.40. The molecule has 0 spiro atoms. The fraction of sp³-hybridized carbons (Fsp3) is 0.316. The van der Waals surface area contributed by atoms with Crippen molar-refractivity contribution in [2.75, 3.05) is 25.5 Å². The molecular weight excluding hydrogens is 461 g/mol. The minimum atomic E-state index is -0.449. The van der Waals surface area contributed by atoms with Crippen molar-refractivity contribution >= 4 is 46.0 Å². The number of nitrogens with one attached hydrogen (secondary N) is 2. The van der Waals surface area contributed by atoms with Gasteiger partial charge in [0, 0.05) is 32.1 Å². The van der Waals surface area contributed by atoms with Gasteiger partial charge in [-0.1, -0.05) is 18.7 Å². The zero-order valence-electron chi connectivity index (χ0n) is 15.0. The highest BCUT2D eigenvalue weighted by atomic mass is 127. The van der Waals surface area contributed by atoms with Crippen LogP contribution in [-0.2, 0) is 9.59 Å². The van der Waals surface area contributed by atoms with Gasteiger partial charge in [0.15, 0.2) is 5.75 Å². The number of rotatable bonds is 5. The Hall–Kier alpha value is -2.36. The van der Waals surface area contributed by atoms with Crippen molar-refractivity contribution in [3.63, 3.8) is 0 Å². The maximum absolute atomic E-state index is 12.5. The quantitative estimate of drug-likeness (QED) is 0.259. The van der Waals surface area contributed by atoms with Crippen LogP contribution in [0.5, 0.6) is 5.75 Å². The molecule has 144 valence electrons. The molecule has 0 unspecified atom stereocenters. The molecule has 0 saturated heterocycles. The van der Waals surface area contributed by atoms with Crippen LogP contribution < -0.4 is 10.6 Å². The molecule has 0 aromatic heterocycles. The Bertz CT molecular complexity index is 804. The van der Waals surface area contributed by atoms with Crippen molar-refractivity contribution in [1.29, 1.82) is 0 Å². The average Bonchev–Trinajstić information content (AvgIpc) is 2.70. The predicted octanol–water partition coefficient (Wildman–Crippen LogP) is 2.42. The van der Waals surface area contributed by atoms with Gasteiger partial charge in [0.05, 0.1) is 14.8 Å².